The van der Waals surface area contributed by atoms with Gasteiger partial charge in [-0.3, -0.25) is 15.0 Å². The molecule has 0 aliphatic carbocycles. The third-order valence-electron chi connectivity index (χ3n) is 5.28. The number of carbonyl (C=O) groups is 1. The highest BCUT2D eigenvalue weighted by Gasteiger charge is 2.27. The number of oxazole rings is 1. The van der Waals surface area contributed by atoms with Gasteiger partial charge < -0.3 is 8.83 Å². The van der Waals surface area contributed by atoms with Gasteiger partial charge in [0.05, 0.1) is 6.54 Å². The molecular formula is C21H22N4O3. The lowest BCUT2D eigenvalue weighted by molar-refractivity contribution is -0.117. The number of hydrogen-bond acceptors (Lipinski definition) is 6. The number of furan rings is 1. The Kier molecular flexibility index (Phi) is 4.88. The Labute approximate surface area is 162 Å². The van der Waals surface area contributed by atoms with Gasteiger partial charge >= 0.3 is 0 Å². The van der Waals surface area contributed by atoms with Crippen molar-refractivity contribution in [2.75, 3.05) is 25.0 Å². The highest BCUT2D eigenvalue weighted by atomic mass is 16.4. The van der Waals surface area contributed by atoms with Gasteiger partial charge in [0.25, 0.3) is 0 Å². The summed E-state index contributed by atoms with van der Waals surface area (Å²) in [6.07, 6.45) is 1.96. The maximum absolute atomic E-state index is 12.5. The molecule has 1 saturated heterocycles. The molecule has 0 bridgehead atoms. The van der Waals surface area contributed by atoms with Gasteiger partial charge in [0, 0.05) is 18.0 Å². The number of aryl methyl sites for hydroxylation is 1. The van der Waals surface area contributed by atoms with Crippen molar-refractivity contribution in [1.29, 1.82) is 5.26 Å². The number of fused-ring (bicyclic) bond motifs is 1. The zero-order chi connectivity index (χ0) is 19.7. The van der Waals surface area contributed by atoms with Crippen LogP contribution in [0.25, 0.3) is 11.1 Å². The summed E-state index contributed by atoms with van der Waals surface area (Å²) in [6, 6.07) is 9.83. The molecule has 4 rings (SSSR count). The summed E-state index contributed by atoms with van der Waals surface area (Å²) in [5, 5.41) is 12.0. The molecule has 1 aliphatic heterocycles. The Morgan fingerprint density at radius 1 is 1.36 bits per heavy atom. The molecule has 0 spiro atoms. The van der Waals surface area contributed by atoms with Crippen molar-refractivity contribution in [3.8, 4) is 6.07 Å². The molecule has 7 heteroatoms. The predicted molar refractivity (Wildman–Crippen MR) is 104 cm³/mol. The van der Waals surface area contributed by atoms with Crippen LogP contribution in [0.3, 0.4) is 0 Å². The zero-order valence-electron chi connectivity index (χ0n) is 16.0. The first-order chi connectivity index (χ1) is 13.5. The molecule has 2 aromatic heterocycles. The summed E-state index contributed by atoms with van der Waals surface area (Å²) < 4.78 is 11.4. The van der Waals surface area contributed by atoms with Crippen LogP contribution in [0, 0.1) is 25.2 Å². The fourth-order valence-corrected chi connectivity index (χ4v) is 3.68. The van der Waals surface area contributed by atoms with E-state index < -0.39 is 0 Å². The molecule has 1 fully saturated rings. The molecule has 7 nitrogen and oxygen atoms in total. The van der Waals surface area contributed by atoms with E-state index in [0.29, 0.717) is 17.9 Å². The summed E-state index contributed by atoms with van der Waals surface area (Å²) in [5.74, 6) is 1.58. The molecule has 1 N–H and O–H groups in total. The van der Waals surface area contributed by atoms with Crippen molar-refractivity contribution in [1.82, 2.24) is 9.88 Å². The maximum Gasteiger partial charge on any atom is 0.240 e. The average Bonchev–Trinajstić information content (AvgIpc) is 3.23. The maximum atomic E-state index is 12.5. The SMILES string of the molecule is Cc1oc(NC(=O)CN2CCC[C@H](c3nc4ccccc4o3)C2)c(C#N)c1C. The van der Waals surface area contributed by atoms with Crippen LogP contribution in [0.5, 0.6) is 0 Å². The van der Waals surface area contributed by atoms with E-state index in [1.807, 2.05) is 31.2 Å². The van der Waals surface area contributed by atoms with Crippen molar-refractivity contribution in [3.63, 3.8) is 0 Å². The minimum absolute atomic E-state index is 0.164. The second-order valence-corrected chi connectivity index (χ2v) is 7.24. The highest BCUT2D eigenvalue weighted by Crippen LogP contribution is 2.29. The molecule has 0 saturated carbocycles. The molecule has 0 radical (unpaired) electrons. The number of rotatable bonds is 4. The fraction of sp³-hybridized carbons (Fsp3) is 0.381. The number of nitrogens with zero attached hydrogens (tertiary/aromatic N) is 3. The lowest BCUT2D eigenvalue weighted by Gasteiger charge is -2.30. The number of piperidine rings is 1. The topological polar surface area (TPSA) is 95.3 Å². The quantitative estimate of drug-likeness (QED) is 0.743. The molecule has 0 unspecified atom stereocenters. The molecule has 28 heavy (non-hydrogen) atoms. The second-order valence-electron chi connectivity index (χ2n) is 7.24. The largest absolute Gasteiger partial charge is 0.444 e. The fourth-order valence-electron chi connectivity index (χ4n) is 3.68. The van der Waals surface area contributed by atoms with Crippen LogP contribution in [0.2, 0.25) is 0 Å². The summed E-state index contributed by atoms with van der Waals surface area (Å²) in [5.41, 5.74) is 2.79. The van der Waals surface area contributed by atoms with Crippen LogP contribution in [-0.4, -0.2) is 35.4 Å². The van der Waals surface area contributed by atoms with Crippen LogP contribution >= 0.6 is 0 Å². The summed E-state index contributed by atoms with van der Waals surface area (Å²) in [6.45, 7) is 5.37. The normalized spacial score (nSPS) is 17.5. The Bertz CT molecular complexity index is 1030. The van der Waals surface area contributed by atoms with E-state index in [9.17, 15) is 10.1 Å². The van der Waals surface area contributed by atoms with Gasteiger partial charge in [0.15, 0.2) is 11.5 Å². The lowest BCUT2D eigenvalue weighted by Crippen LogP contribution is -2.39. The number of aromatic nitrogens is 1. The van der Waals surface area contributed by atoms with Crippen molar-refractivity contribution in [3.05, 3.63) is 47.0 Å². The van der Waals surface area contributed by atoms with E-state index in [0.717, 1.165) is 41.9 Å². The van der Waals surface area contributed by atoms with Crippen LogP contribution in [-0.2, 0) is 4.79 Å². The smallest absolute Gasteiger partial charge is 0.240 e. The number of nitrogens with one attached hydrogen (secondary N) is 1. The van der Waals surface area contributed by atoms with Crippen molar-refractivity contribution >= 4 is 22.9 Å². The van der Waals surface area contributed by atoms with Gasteiger partial charge in [-0.15, -0.1) is 0 Å². The molecule has 144 valence electrons. The van der Waals surface area contributed by atoms with Crippen LogP contribution < -0.4 is 5.32 Å². The van der Waals surface area contributed by atoms with Crippen molar-refractivity contribution in [2.45, 2.75) is 32.6 Å². The number of amides is 1. The number of hydrogen-bond donors (Lipinski definition) is 1. The third-order valence-corrected chi connectivity index (χ3v) is 5.28. The van der Waals surface area contributed by atoms with Gasteiger partial charge in [-0.25, -0.2) is 4.98 Å². The molecule has 1 aliphatic rings. The number of benzene rings is 1. The zero-order valence-corrected chi connectivity index (χ0v) is 16.0. The van der Waals surface area contributed by atoms with Gasteiger partial charge in [0.1, 0.15) is 22.9 Å². The lowest BCUT2D eigenvalue weighted by atomic mass is 9.98. The number of anilines is 1. The highest BCUT2D eigenvalue weighted by molar-refractivity contribution is 5.92. The minimum atomic E-state index is -0.191. The summed E-state index contributed by atoms with van der Waals surface area (Å²) >= 11 is 0. The Morgan fingerprint density at radius 2 is 2.18 bits per heavy atom. The minimum Gasteiger partial charge on any atom is -0.444 e. The van der Waals surface area contributed by atoms with Crippen molar-refractivity contribution in [2.24, 2.45) is 0 Å². The van der Waals surface area contributed by atoms with E-state index in [-0.39, 0.29) is 24.3 Å². The van der Waals surface area contributed by atoms with Crippen molar-refractivity contribution < 1.29 is 13.6 Å². The van der Waals surface area contributed by atoms with Crippen LogP contribution in [0.4, 0.5) is 5.88 Å². The molecule has 3 heterocycles. The number of carbonyl (C=O) groups excluding carboxylic acids is 1. The van der Waals surface area contributed by atoms with E-state index in [4.69, 9.17) is 8.83 Å². The van der Waals surface area contributed by atoms with Gasteiger partial charge in [0.2, 0.25) is 11.8 Å². The van der Waals surface area contributed by atoms with Gasteiger partial charge in [-0.05, 0) is 45.4 Å². The number of para-hydroxylation sites is 2. The number of likely N-dealkylation sites (tertiary alicyclic amines) is 1. The number of nitriles is 1. The Balaban J connectivity index is 1.42. The van der Waals surface area contributed by atoms with E-state index in [2.05, 4.69) is 21.3 Å². The first-order valence-electron chi connectivity index (χ1n) is 9.43. The van der Waals surface area contributed by atoms with Crippen LogP contribution in [0.15, 0.2) is 33.1 Å². The summed E-state index contributed by atoms with van der Waals surface area (Å²) in [4.78, 5) is 19.2. The predicted octanol–water partition coefficient (Wildman–Crippen LogP) is 3.73. The summed E-state index contributed by atoms with van der Waals surface area (Å²) in [7, 11) is 0. The van der Waals surface area contributed by atoms with E-state index in [1.54, 1.807) is 6.92 Å². The first kappa shape index (κ1) is 18.3. The molecule has 1 aromatic carbocycles. The Hall–Kier alpha value is -3.11. The van der Waals surface area contributed by atoms with Gasteiger partial charge in [-0.2, -0.15) is 5.26 Å². The van der Waals surface area contributed by atoms with Gasteiger partial charge in [-0.1, -0.05) is 12.1 Å². The van der Waals surface area contributed by atoms with E-state index in [1.165, 1.54) is 0 Å². The second kappa shape index (κ2) is 7.49. The Morgan fingerprint density at radius 3 is 2.96 bits per heavy atom. The standard InChI is InChI=1S/C21H22N4O3/c1-13-14(2)27-21(16(13)10-22)24-19(26)12-25-9-5-6-15(11-25)20-23-17-7-3-4-8-18(17)28-20/h3-4,7-8,15H,5-6,9,11-12H2,1-2H3,(H,24,26)/t15-/m0/s1. The van der Waals surface area contributed by atoms with Crippen LogP contribution in [0.1, 0.15) is 41.5 Å². The van der Waals surface area contributed by atoms with E-state index >= 15 is 0 Å². The monoisotopic (exact) mass is 378 g/mol. The average molecular weight is 378 g/mol. The third kappa shape index (κ3) is 3.51. The molecule has 1 amide bonds. The first-order valence-corrected chi connectivity index (χ1v) is 9.43. The molecule has 1 atom stereocenters. The molecular weight excluding hydrogens is 356 g/mol. The molecule has 3 aromatic rings.